The molecule has 0 fully saturated rings. The molecule has 0 bridgehead atoms. The van der Waals surface area contributed by atoms with Crippen LogP contribution < -0.4 is 15.4 Å². The smallest absolute Gasteiger partial charge is 0.340 e. The van der Waals surface area contributed by atoms with Crippen LogP contribution in [-0.4, -0.2) is 45.2 Å². The van der Waals surface area contributed by atoms with E-state index in [2.05, 4.69) is 41.5 Å². The Balaban J connectivity index is 0.000000148. The third kappa shape index (κ3) is 4.17. The van der Waals surface area contributed by atoms with Crippen molar-refractivity contribution in [3.05, 3.63) is 112 Å². The lowest BCUT2D eigenvalue weighted by Crippen LogP contribution is -2.32. The molecule has 0 radical (unpaired) electrons. The second-order valence-corrected chi connectivity index (χ2v) is 10.5. The number of fused-ring (bicyclic) bond motifs is 7. The number of esters is 1. The molecule has 1 aromatic heterocycles. The minimum Gasteiger partial charge on any atom is -0.508 e. The average Bonchev–Trinajstić information content (AvgIpc) is 3.61. The maximum atomic E-state index is 12.5. The molecular weight excluding hydrogens is 602 g/mol. The number of aromatic nitrogens is 2. The SMILES string of the molecule is Brc1c(NC2=NCCN2)ccc2nccnc12.O=C1OC2(c3ccc(O)cc3Oc3cc(O)ccc32)c2ccccc21. The number of aliphatic imine (C=N–C) groups is 1. The molecule has 8 rings (SSSR count). The fraction of sp³-hybridized carbons (Fsp3) is 0.0968. The van der Waals surface area contributed by atoms with Gasteiger partial charge in [0.2, 0.25) is 0 Å². The molecule has 4 aromatic carbocycles. The van der Waals surface area contributed by atoms with Crippen LogP contribution in [0.2, 0.25) is 0 Å². The monoisotopic (exact) mass is 623 g/mol. The summed E-state index contributed by atoms with van der Waals surface area (Å²) in [6.45, 7) is 1.70. The van der Waals surface area contributed by atoms with Crippen molar-refractivity contribution in [2.24, 2.45) is 4.99 Å². The Morgan fingerprint density at radius 1 is 0.881 bits per heavy atom. The first-order chi connectivity index (χ1) is 20.4. The van der Waals surface area contributed by atoms with Crippen molar-refractivity contribution >= 4 is 44.6 Å². The summed E-state index contributed by atoms with van der Waals surface area (Å²) in [5.41, 5.74) is 3.93. The highest BCUT2D eigenvalue weighted by Crippen LogP contribution is 2.56. The summed E-state index contributed by atoms with van der Waals surface area (Å²) in [4.78, 5) is 25.4. The largest absolute Gasteiger partial charge is 0.508 e. The van der Waals surface area contributed by atoms with Gasteiger partial charge in [-0.2, -0.15) is 0 Å². The van der Waals surface area contributed by atoms with Gasteiger partial charge in [0.05, 0.1) is 27.8 Å². The molecule has 208 valence electrons. The molecule has 42 heavy (non-hydrogen) atoms. The van der Waals surface area contributed by atoms with Gasteiger partial charge in [0.1, 0.15) is 28.5 Å². The Kier molecular flexibility index (Phi) is 6.16. The van der Waals surface area contributed by atoms with Crippen LogP contribution >= 0.6 is 15.9 Å². The Morgan fingerprint density at radius 3 is 2.31 bits per heavy atom. The zero-order chi connectivity index (χ0) is 28.8. The average molecular weight is 624 g/mol. The Bertz CT molecular complexity index is 1880. The maximum Gasteiger partial charge on any atom is 0.340 e. The van der Waals surface area contributed by atoms with Gasteiger partial charge >= 0.3 is 5.97 Å². The Labute approximate surface area is 247 Å². The fourth-order valence-corrected chi connectivity index (χ4v) is 5.90. The molecule has 11 heteroatoms. The quantitative estimate of drug-likeness (QED) is 0.180. The number of anilines is 1. The Morgan fingerprint density at radius 2 is 1.60 bits per heavy atom. The highest BCUT2D eigenvalue weighted by atomic mass is 79.9. The lowest BCUT2D eigenvalue weighted by molar-refractivity contribution is 0.0224. The van der Waals surface area contributed by atoms with Crippen molar-refractivity contribution in [3.8, 4) is 23.0 Å². The molecule has 0 aliphatic carbocycles. The van der Waals surface area contributed by atoms with E-state index in [4.69, 9.17) is 9.47 Å². The number of phenolic OH excluding ortho intramolecular Hbond substituents is 2. The summed E-state index contributed by atoms with van der Waals surface area (Å²) in [5.74, 6) is 1.21. The molecule has 0 atom stereocenters. The molecule has 4 heterocycles. The summed E-state index contributed by atoms with van der Waals surface area (Å²) in [7, 11) is 0. The molecule has 3 aliphatic rings. The van der Waals surface area contributed by atoms with E-state index in [1.165, 1.54) is 24.3 Å². The maximum absolute atomic E-state index is 12.5. The van der Waals surface area contributed by atoms with Gasteiger partial charge in [0.25, 0.3) is 0 Å². The van der Waals surface area contributed by atoms with Crippen molar-refractivity contribution < 1.29 is 24.5 Å². The number of hydrogen-bond donors (Lipinski definition) is 4. The minimum atomic E-state index is -1.17. The van der Waals surface area contributed by atoms with E-state index >= 15 is 0 Å². The zero-order valence-corrected chi connectivity index (χ0v) is 23.4. The second-order valence-electron chi connectivity index (χ2n) is 9.71. The van der Waals surface area contributed by atoms with E-state index in [9.17, 15) is 15.0 Å². The van der Waals surface area contributed by atoms with Crippen LogP contribution in [0.4, 0.5) is 5.69 Å². The third-order valence-corrected chi connectivity index (χ3v) is 7.99. The molecule has 10 nitrogen and oxygen atoms in total. The molecule has 0 unspecified atom stereocenters. The van der Waals surface area contributed by atoms with Crippen LogP contribution in [0.3, 0.4) is 0 Å². The van der Waals surface area contributed by atoms with Gasteiger partial charge in [-0.3, -0.25) is 15.0 Å². The Hall–Kier alpha value is -5.16. The number of benzene rings is 4. The van der Waals surface area contributed by atoms with Gasteiger partial charge in [-0.1, -0.05) is 18.2 Å². The first-order valence-corrected chi connectivity index (χ1v) is 13.9. The number of carbonyl (C=O) groups is 1. The van der Waals surface area contributed by atoms with Crippen LogP contribution in [0.5, 0.6) is 23.0 Å². The van der Waals surface area contributed by atoms with Crippen molar-refractivity contribution in [1.82, 2.24) is 15.3 Å². The summed E-state index contributed by atoms with van der Waals surface area (Å²) in [6, 6.07) is 20.5. The van der Waals surface area contributed by atoms with Gasteiger partial charge in [-0.25, -0.2) is 4.79 Å². The number of aromatic hydroxyl groups is 2. The highest BCUT2D eigenvalue weighted by Gasteiger charge is 2.53. The molecule has 3 aliphatic heterocycles. The first-order valence-electron chi connectivity index (χ1n) is 13.1. The molecular formula is C31H22BrN5O5. The van der Waals surface area contributed by atoms with E-state index in [-0.39, 0.29) is 11.5 Å². The van der Waals surface area contributed by atoms with Crippen LogP contribution in [0.15, 0.2) is 94.7 Å². The summed E-state index contributed by atoms with van der Waals surface area (Å²) in [6.07, 6.45) is 3.37. The number of ether oxygens (including phenoxy) is 2. The van der Waals surface area contributed by atoms with Crippen molar-refractivity contribution in [2.45, 2.75) is 5.60 Å². The number of rotatable bonds is 1. The molecule has 0 saturated carbocycles. The van der Waals surface area contributed by atoms with E-state index in [0.29, 0.717) is 33.8 Å². The summed E-state index contributed by atoms with van der Waals surface area (Å²) >= 11 is 3.54. The van der Waals surface area contributed by atoms with Crippen LogP contribution in [-0.2, 0) is 10.3 Å². The number of nitrogens with zero attached hydrogens (tertiary/aromatic N) is 3. The normalized spacial score (nSPS) is 15.3. The summed E-state index contributed by atoms with van der Waals surface area (Å²) in [5, 5.41) is 26.1. The molecule has 0 saturated heterocycles. The number of halogens is 1. The van der Waals surface area contributed by atoms with Crippen LogP contribution in [0.25, 0.3) is 11.0 Å². The van der Waals surface area contributed by atoms with E-state index in [1.54, 1.807) is 36.7 Å². The standard InChI is InChI=1S/C20H12O5.C11H10BrN5/c21-11-5-7-15-17(9-11)24-18-10-12(22)6-8-16(18)20(15)14-4-2-1-3-13(14)19(23)25-20;12-9-7(17-11-15-5-6-16-11)1-2-8-10(9)14-4-3-13-8/h1-10,21-22H;1-4H,5-6H2,(H2,15,16,17). The van der Waals surface area contributed by atoms with Crippen molar-refractivity contribution in [2.75, 3.05) is 18.4 Å². The fourth-order valence-electron chi connectivity index (χ4n) is 5.36. The topological polar surface area (TPSA) is 138 Å². The molecule has 0 amide bonds. The zero-order valence-electron chi connectivity index (χ0n) is 21.8. The van der Waals surface area contributed by atoms with Gasteiger partial charge in [-0.15, -0.1) is 0 Å². The third-order valence-electron chi connectivity index (χ3n) is 7.19. The molecule has 1 spiro atoms. The lowest BCUT2D eigenvalue weighted by Gasteiger charge is -2.36. The number of nitrogens with one attached hydrogen (secondary N) is 2. The number of phenols is 2. The van der Waals surface area contributed by atoms with Gasteiger partial charge in [-0.05, 0) is 58.4 Å². The van der Waals surface area contributed by atoms with E-state index < -0.39 is 11.6 Å². The van der Waals surface area contributed by atoms with Crippen LogP contribution in [0.1, 0.15) is 27.0 Å². The van der Waals surface area contributed by atoms with Crippen LogP contribution in [0, 0.1) is 0 Å². The number of hydrogen-bond acceptors (Lipinski definition) is 10. The number of guanidine groups is 1. The first kappa shape index (κ1) is 25.8. The van der Waals surface area contributed by atoms with Crippen molar-refractivity contribution in [1.29, 1.82) is 0 Å². The second kappa shape index (κ2) is 10.0. The lowest BCUT2D eigenvalue weighted by atomic mass is 9.77. The van der Waals surface area contributed by atoms with E-state index in [0.717, 1.165) is 40.2 Å². The van der Waals surface area contributed by atoms with Gasteiger partial charge in [0, 0.05) is 47.8 Å². The van der Waals surface area contributed by atoms with Gasteiger partial charge < -0.3 is 30.3 Å². The van der Waals surface area contributed by atoms with Gasteiger partial charge in [0.15, 0.2) is 11.6 Å². The highest BCUT2D eigenvalue weighted by molar-refractivity contribution is 9.10. The predicted octanol–water partition coefficient (Wildman–Crippen LogP) is 5.43. The minimum absolute atomic E-state index is 0.0371. The number of carbonyl (C=O) groups excluding carboxylic acids is 1. The van der Waals surface area contributed by atoms with E-state index in [1.807, 2.05) is 24.3 Å². The predicted molar refractivity (Wildman–Crippen MR) is 159 cm³/mol. The molecule has 4 N–H and O–H groups in total. The molecule has 5 aromatic rings. The van der Waals surface area contributed by atoms with Crippen molar-refractivity contribution in [3.63, 3.8) is 0 Å². The summed E-state index contributed by atoms with van der Waals surface area (Å²) < 4.78 is 12.7.